The van der Waals surface area contributed by atoms with Gasteiger partial charge in [-0.2, -0.15) is 0 Å². The van der Waals surface area contributed by atoms with Crippen molar-refractivity contribution >= 4 is 21.6 Å². The summed E-state index contributed by atoms with van der Waals surface area (Å²) in [5.41, 5.74) is 1.45. The molecule has 0 heterocycles. The Kier molecular flexibility index (Phi) is 4.72. The SMILES string of the molecule is Fc1ccc(NCc2ccc(OC(F)(F)F)cc2)c(Br)c1. The van der Waals surface area contributed by atoms with E-state index < -0.39 is 6.36 Å². The standard InChI is InChI=1S/C14H10BrF4NO/c15-12-7-10(16)3-6-13(12)20-8-9-1-4-11(5-2-9)21-14(17,18)19/h1-7,20H,8H2. The molecule has 112 valence electrons. The second kappa shape index (κ2) is 6.34. The van der Waals surface area contributed by atoms with E-state index in [1.54, 1.807) is 6.07 Å². The van der Waals surface area contributed by atoms with Crippen molar-refractivity contribution in [3.8, 4) is 5.75 Å². The molecule has 0 radical (unpaired) electrons. The van der Waals surface area contributed by atoms with Crippen LogP contribution >= 0.6 is 15.9 Å². The van der Waals surface area contributed by atoms with Crippen LogP contribution < -0.4 is 10.1 Å². The zero-order valence-electron chi connectivity index (χ0n) is 10.5. The number of rotatable bonds is 4. The highest BCUT2D eigenvalue weighted by Gasteiger charge is 2.30. The van der Waals surface area contributed by atoms with Crippen LogP contribution in [0.2, 0.25) is 0 Å². The topological polar surface area (TPSA) is 21.3 Å². The molecular formula is C14H10BrF4NO. The molecule has 7 heteroatoms. The number of benzene rings is 2. The highest BCUT2D eigenvalue weighted by Crippen LogP contribution is 2.25. The van der Waals surface area contributed by atoms with E-state index in [4.69, 9.17) is 0 Å². The third kappa shape index (κ3) is 4.93. The largest absolute Gasteiger partial charge is 0.573 e. The smallest absolute Gasteiger partial charge is 0.406 e. The average Bonchev–Trinajstić information content (AvgIpc) is 2.38. The van der Waals surface area contributed by atoms with Gasteiger partial charge in [-0.1, -0.05) is 12.1 Å². The van der Waals surface area contributed by atoms with Crippen molar-refractivity contribution in [3.05, 3.63) is 58.3 Å². The Bertz CT molecular complexity index is 613. The summed E-state index contributed by atoms with van der Waals surface area (Å²) >= 11 is 3.22. The predicted molar refractivity (Wildman–Crippen MR) is 74.6 cm³/mol. The zero-order valence-corrected chi connectivity index (χ0v) is 12.1. The summed E-state index contributed by atoms with van der Waals surface area (Å²) in [6.45, 7) is 0.385. The van der Waals surface area contributed by atoms with Gasteiger partial charge in [0.05, 0.1) is 0 Å². The van der Waals surface area contributed by atoms with Gasteiger partial charge in [0.25, 0.3) is 0 Å². The molecule has 0 saturated carbocycles. The first-order valence-corrected chi connectivity index (χ1v) is 6.66. The number of hydrogen-bond acceptors (Lipinski definition) is 2. The minimum Gasteiger partial charge on any atom is -0.406 e. The van der Waals surface area contributed by atoms with E-state index in [1.807, 2.05) is 0 Å². The second-order valence-electron chi connectivity index (χ2n) is 4.17. The van der Waals surface area contributed by atoms with Crippen LogP contribution in [-0.2, 0) is 6.54 Å². The van der Waals surface area contributed by atoms with Crippen LogP contribution in [0.25, 0.3) is 0 Å². The van der Waals surface area contributed by atoms with Crippen LogP contribution in [0, 0.1) is 5.82 Å². The molecule has 2 nitrogen and oxygen atoms in total. The molecule has 21 heavy (non-hydrogen) atoms. The maximum atomic E-state index is 12.9. The lowest BCUT2D eigenvalue weighted by atomic mass is 10.2. The summed E-state index contributed by atoms with van der Waals surface area (Å²) in [6, 6.07) is 9.72. The quantitative estimate of drug-likeness (QED) is 0.763. The number of alkyl halides is 3. The molecule has 0 aliphatic carbocycles. The molecule has 0 spiro atoms. The monoisotopic (exact) mass is 363 g/mol. The van der Waals surface area contributed by atoms with Crippen molar-refractivity contribution in [1.29, 1.82) is 0 Å². The molecule has 0 bridgehead atoms. The van der Waals surface area contributed by atoms with Crippen molar-refractivity contribution < 1.29 is 22.3 Å². The lowest BCUT2D eigenvalue weighted by molar-refractivity contribution is -0.274. The third-order valence-electron chi connectivity index (χ3n) is 2.57. The predicted octanol–water partition coefficient (Wildman–Crippen LogP) is 5.10. The van der Waals surface area contributed by atoms with Crippen molar-refractivity contribution in [1.82, 2.24) is 0 Å². The summed E-state index contributed by atoms with van der Waals surface area (Å²) < 4.78 is 53.3. The van der Waals surface area contributed by atoms with Crippen molar-refractivity contribution in [2.45, 2.75) is 12.9 Å². The molecule has 0 saturated heterocycles. The Labute approximate surface area is 126 Å². The Balaban J connectivity index is 1.97. The van der Waals surface area contributed by atoms with E-state index in [0.717, 1.165) is 5.56 Å². The molecule has 0 aliphatic rings. The zero-order chi connectivity index (χ0) is 15.5. The van der Waals surface area contributed by atoms with Crippen LogP contribution in [0.3, 0.4) is 0 Å². The highest BCUT2D eigenvalue weighted by molar-refractivity contribution is 9.10. The van der Waals surface area contributed by atoms with Gasteiger partial charge in [-0.25, -0.2) is 4.39 Å². The van der Waals surface area contributed by atoms with Gasteiger partial charge in [0.2, 0.25) is 0 Å². The van der Waals surface area contributed by atoms with E-state index in [1.165, 1.54) is 36.4 Å². The summed E-state index contributed by atoms with van der Waals surface area (Å²) in [6.07, 6.45) is -4.70. The molecule has 0 atom stereocenters. The lowest BCUT2D eigenvalue weighted by Gasteiger charge is -2.11. The number of ether oxygens (including phenoxy) is 1. The Morgan fingerprint density at radius 2 is 1.71 bits per heavy atom. The van der Waals surface area contributed by atoms with Crippen LogP contribution in [-0.4, -0.2) is 6.36 Å². The first kappa shape index (κ1) is 15.6. The maximum absolute atomic E-state index is 12.9. The van der Waals surface area contributed by atoms with E-state index in [9.17, 15) is 17.6 Å². The minimum atomic E-state index is -4.70. The highest BCUT2D eigenvalue weighted by atomic mass is 79.9. The molecule has 0 unspecified atom stereocenters. The molecular weight excluding hydrogens is 354 g/mol. The van der Waals surface area contributed by atoms with Gasteiger partial charge in [0, 0.05) is 16.7 Å². The van der Waals surface area contributed by atoms with Gasteiger partial charge >= 0.3 is 6.36 Å². The van der Waals surface area contributed by atoms with Gasteiger partial charge in [-0.05, 0) is 51.8 Å². The molecule has 2 aromatic rings. The van der Waals surface area contributed by atoms with Gasteiger partial charge in [0.1, 0.15) is 11.6 Å². The third-order valence-corrected chi connectivity index (χ3v) is 3.23. The lowest BCUT2D eigenvalue weighted by Crippen LogP contribution is -2.17. The fourth-order valence-corrected chi connectivity index (χ4v) is 2.13. The van der Waals surface area contributed by atoms with Crippen LogP contribution in [0.1, 0.15) is 5.56 Å². The second-order valence-corrected chi connectivity index (χ2v) is 5.02. The fourth-order valence-electron chi connectivity index (χ4n) is 1.64. The Hall–Kier alpha value is -1.76. The van der Waals surface area contributed by atoms with Crippen LogP contribution in [0.15, 0.2) is 46.9 Å². The van der Waals surface area contributed by atoms with Gasteiger partial charge in [-0.3, -0.25) is 0 Å². The summed E-state index contributed by atoms with van der Waals surface area (Å²) in [5, 5.41) is 3.05. The van der Waals surface area contributed by atoms with Gasteiger partial charge < -0.3 is 10.1 Å². The fraction of sp³-hybridized carbons (Fsp3) is 0.143. The number of anilines is 1. The summed E-state index contributed by atoms with van der Waals surface area (Å²) in [5.74, 6) is -0.629. The van der Waals surface area contributed by atoms with Gasteiger partial charge in [-0.15, -0.1) is 13.2 Å². The number of halogens is 5. The van der Waals surface area contributed by atoms with Crippen molar-refractivity contribution in [2.24, 2.45) is 0 Å². The molecule has 1 N–H and O–H groups in total. The Morgan fingerprint density at radius 1 is 1.05 bits per heavy atom. The van der Waals surface area contributed by atoms with Crippen molar-refractivity contribution in [3.63, 3.8) is 0 Å². The van der Waals surface area contributed by atoms with Crippen LogP contribution in [0.5, 0.6) is 5.75 Å². The van der Waals surface area contributed by atoms with Gasteiger partial charge in [0.15, 0.2) is 0 Å². The van der Waals surface area contributed by atoms with E-state index in [0.29, 0.717) is 16.7 Å². The first-order chi connectivity index (χ1) is 9.83. The minimum absolute atomic E-state index is 0.269. The molecule has 0 aliphatic heterocycles. The number of hydrogen-bond donors (Lipinski definition) is 1. The summed E-state index contributed by atoms with van der Waals surface area (Å²) in [4.78, 5) is 0. The molecule has 0 fully saturated rings. The maximum Gasteiger partial charge on any atom is 0.573 e. The molecule has 0 aromatic heterocycles. The van der Waals surface area contributed by atoms with E-state index >= 15 is 0 Å². The van der Waals surface area contributed by atoms with E-state index in [2.05, 4.69) is 26.0 Å². The van der Waals surface area contributed by atoms with Crippen molar-refractivity contribution in [2.75, 3.05) is 5.32 Å². The molecule has 0 amide bonds. The first-order valence-electron chi connectivity index (χ1n) is 5.87. The molecule has 2 aromatic carbocycles. The van der Waals surface area contributed by atoms with Crippen LogP contribution in [0.4, 0.5) is 23.2 Å². The van der Waals surface area contributed by atoms with E-state index in [-0.39, 0.29) is 11.6 Å². The normalized spacial score (nSPS) is 11.3. The average molecular weight is 364 g/mol. The number of nitrogens with one attached hydrogen (secondary N) is 1. The molecule has 2 rings (SSSR count). The summed E-state index contributed by atoms with van der Waals surface area (Å²) in [7, 11) is 0. The Morgan fingerprint density at radius 3 is 2.29 bits per heavy atom.